The number of sulfonamides is 1. The van der Waals surface area contributed by atoms with Crippen molar-refractivity contribution in [2.24, 2.45) is 11.3 Å². The van der Waals surface area contributed by atoms with Crippen molar-refractivity contribution in [3.8, 4) is 11.3 Å². The number of amides is 1. The number of alkyl halides is 3. The van der Waals surface area contributed by atoms with E-state index in [9.17, 15) is 31.5 Å². The van der Waals surface area contributed by atoms with Crippen molar-refractivity contribution >= 4 is 15.9 Å². The first-order valence-corrected chi connectivity index (χ1v) is 18.0. The van der Waals surface area contributed by atoms with Crippen LogP contribution in [-0.4, -0.2) is 62.1 Å². The number of aliphatic hydroxyl groups excluding tert-OH is 1. The Balaban J connectivity index is 1.54. The van der Waals surface area contributed by atoms with Crippen LogP contribution in [0.3, 0.4) is 0 Å². The van der Waals surface area contributed by atoms with E-state index >= 15 is 0 Å². The van der Waals surface area contributed by atoms with Crippen molar-refractivity contribution in [3.05, 3.63) is 41.1 Å². The quantitative estimate of drug-likeness (QED) is 0.271. The minimum Gasteiger partial charge on any atom is -0.381 e. The topological polar surface area (TPSA) is 122 Å². The van der Waals surface area contributed by atoms with E-state index < -0.39 is 44.3 Å². The molecule has 3 atom stereocenters. The summed E-state index contributed by atoms with van der Waals surface area (Å²) in [5.41, 5.74) is -0.227. The molecule has 0 radical (unpaired) electrons. The number of carbonyl (C=O) groups excluding carboxylic acids is 1. The van der Waals surface area contributed by atoms with Gasteiger partial charge in [0.2, 0.25) is 10.0 Å². The molecule has 2 aromatic rings. The van der Waals surface area contributed by atoms with Crippen LogP contribution in [0.15, 0.2) is 29.2 Å². The maximum absolute atomic E-state index is 14.5. The Morgan fingerprint density at radius 1 is 1.17 bits per heavy atom. The second-order valence-electron chi connectivity index (χ2n) is 13.3. The first kappa shape index (κ1) is 34.9. The third-order valence-corrected chi connectivity index (χ3v) is 11.9. The van der Waals surface area contributed by atoms with Crippen LogP contribution in [0, 0.1) is 18.3 Å². The van der Waals surface area contributed by atoms with Gasteiger partial charge in [-0.3, -0.25) is 10.1 Å². The fraction of sp³-hybridized carbons (Fsp3) is 0.667. The van der Waals surface area contributed by atoms with E-state index in [1.807, 2.05) is 11.5 Å². The summed E-state index contributed by atoms with van der Waals surface area (Å²) >= 11 is 0. The zero-order chi connectivity index (χ0) is 33.3. The molecule has 5 rings (SSSR count). The molecular formula is C33H47F3N4O5S. The number of aromatic nitrogens is 1. The molecule has 3 unspecified atom stereocenters. The minimum atomic E-state index is -4.93. The average Bonchev–Trinajstić information content (AvgIpc) is 3.48. The standard InChI is InChI=1S/C33H47F3N4O5S/c1-4-8-21(2)39-46(43,44)28-12-11-24(17-26(28)33(34,35)36)27-18-25(22(3)40(27)20-23-9-6-5-7-10-23)30(41)38-29-19-37-31(42)32(29)13-15-45-16-14-32/h11-12,17-18,21,23,29,31,37,39,42H,4-10,13-16,19-20H2,1-3H3,(H,38,41). The minimum absolute atomic E-state index is 0.185. The lowest BCUT2D eigenvalue weighted by molar-refractivity contribution is -0.139. The maximum atomic E-state index is 14.5. The van der Waals surface area contributed by atoms with Crippen molar-refractivity contribution in [3.63, 3.8) is 0 Å². The third kappa shape index (κ3) is 7.18. The summed E-state index contributed by atoms with van der Waals surface area (Å²) in [5.74, 6) is -0.0579. The average molecular weight is 669 g/mol. The highest BCUT2D eigenvalue weighted by molar-refractivity contribution is 7.89. The monoisotopic (exact) mass is 668 g/mol. The Bertz CT molecular complexity index is 1500. The number of rotatable bonds is 10. The number of benzene rings is 1. The van der Waals surface area contributed by atoms with Crippen LogP contribution in [0.5, 0.6) is 0 Å². The number of hydrogen-bond acceptors (Lipinski definition) is 6. The molecule has 9 nitrogen and oxygen atoms in total. The van der Waals surface area contributed by atoms with E-state index in [1.165, 1.54) is 6.07 Å². The van der Waals surface area contributed by atoms with Crippen molar-refractivity contribution in [2.45, 2.75) is 114 Å². The molecule has 1 aromatic carbocycles. The second-order valence-corrected chi connectivity index (χ2v) is 15.0. The number of ether oxygens (including phenoxy) is 1. The van der Waals surface area contributed by atoms with Gasteiger partial charge in [0.05, 0.1) is 22.1 Å². The molecule has 1 spiro atoms. The van der Waals surface area contributed by atoms with Crippen LogP contribution in [0.25, 0.3) is 11.3 Å². The molecule has 0 bridgehead atoms. The van der Waals surface area contributed by atoms with Gasteiger partial charge in [-0.2, -0.15) is 13.2 Å². The molecule has 2 saturated heterocycles. The highest BCUT2D eigenvalue weighted by Gasteiger charge is 2.51. The summed E-state index contributed by atoms with van der Waals surface area (Å²) in [5, 5.41) is 17.0. The Labute approximate surface area is 269 Å². The van der Waals surface area contributed by atoms with Crippen LogP contribution in [0.2, 0.25) is 0 Å². The predicted octanol–water partition coefficient (Wildman–Crippen LogP) is 5.35. The van der Waals surface area contributed by atoms with Gasteiger partial charge in [-0.1, -0.05) is 38.7 Å². The van der Waals surface area contributed by atoms with E-state index in [4.69, 9.17) is 4.74 Å². The van der Waals surface area contributed by atoms with Crippen LogP contribution in [-0.2, 0) is 27.5 Å². The lowest BCUT2D eigenvalue weighted by Gasteiger charge is -2.40. The fourth-order valence-corrected chi connectivity index (χ4v) is 9.06. The molecule has 1 amide bonds. The van der Waals surface area contributed by atoms with Gasteiger partial charge in [-0.25, -0.2) is 13.1 Å². The first-order valence-electron chi connectivity index (χ1n) is 16.5. The summed E-state index contributed by atoms with van der Waals surface area (Å²) in [4.78, 5) is 13.1. The molecule has 13 heteroatoms. The zero-order valence-electron chi connectivity index (χ0n) is 26.9. The summed E-state index contributed by atoms with van der Waals surface area (Å²) in [6.07, 6.45) is 1.88. The molecule has 2 aliphatic heterocycles. The van der Waals surface area contributed by atoms with Gasteiger partial charge in [0.15, 0.2) is 0 Å². The maximum Gasteiger partial charge on any atom is 0.417 e. The molecule has 3 heterocycles. The summed E-state index contributed by atoms with van der Waals surface area (Å²) in [6.45, 7) is 7.18. The number of halogens is 3. The van der Waals surface area contributed by atoms with E-state index in [0.717, 1.165) is 44.2 Å². The molecule has 1 saturated carbocycles. The molecule has 46 heavy (non-hydrogen) atoms. The van der Waals surface area contributed by atoms with Gasteiger partial charge in [0.25, 0.3) is 5.91 Å². The molecule has 1 aliphatic carbocycles. The molecule has 4 N–H and O–H groups in total. The van der Waals surface area contributed by atoms with Crippen molar-refractivity contribution in [1.82, 2.24) is 19.9 Å². The largest absolute Gasteiger partial charge is 0.417 e. The fourth-order valence-electron chi connectivity index (χ4n) is 7.57. The molecular weight excluding hydrogens is 621 g/mol. The third-order valence-electron chi connectivity index (χ3n) is 10.2. The molecule has 256 valence electrons. The Morgan fingerprint density at radius 3 is 2.52 bits per heavy atom. The summed E-state index contributed by atoms with van der Waals surface area (Å²) in [6, 6.07) is 4.05. The van der Waals surface area contributed by atoms with Gasteiger partial charge in [0, 0.05) is 49.1 Å². The Morgan fingerprint density at radius 2 is 1.87 bits per heavy atom. The van der Waals surface area contributed by atoms with Gasteiger partial charge >= 0.3 is 6.18 Å². The van der Waals surface area contributed by atoms with Gasteiger partial charge in [-0.15, -0.1) is 0 Å². The number of aliphatic hydroxyl groups is 1. The van der Waals surface area contributed by atoms with E-state index in [0.29, 0.717) is 74.9 Å². The summed E-state index contributed by atoms with van der Waals surface area (Å²) in [7, 11) is -4.45. The Hall–Kier alpha value is -2.45. The van der Waals surface area contributed by atoms with Gasteiger partial charge in [0.1, 0.15) is 6.23 Å². The van der Waals surface area contributed by atoms with Crippen molar-refractivity contribution in [2.75, 3.05) is 19.8 Å². The van der Waals surface area contributed by atoms with E-state index in [1.54, 1.807) is 19.9 Å². The summed E-state index contributed by atoms with van der Waals surface area (Å²) < 4.78 is 79.5. The molecule has 1 aromatic heterocycles. The van der Waals surface area contributed by atoms with Crippen molar-refractivity contribution in [1.29, 1.82) is 0 Å². The normalized spacial score (nSPS) is 23.1. The smallest absolute Gasteiger partial charge is 0.381 e. The van der Waals surface area contributed by atoms with Crippen molar-refractivity contribution < 1.29 is 36.2 Å². The Kier molecular flexibility index (Phi) is 10.6. The number of hydrogen-bond donors (Lipinski definition) is 4. The molecule has 3 aliphatic rings. The lowest BCUT2D eigenvalue weighted by atomic mass is 9.74. The second kappa shape index (κ2) is 14.0. The van der Waals surface area contributed by atoms with Gasteiger partial charge < -0.3 is 19.7 Å². The SMILES string of the molecule is CCCC(C)NS(=O)(=O)c1ccc(-c2cc(C(=O)NC3CNC(O)C34CCOCC4)c(C)n2CC2CCCCC2)cc1C(F)(F)F. The predicted molar refractivity (Wildman–Crippen MR) is 169 cm³/mol. The number of carbonyl (C=O) groups is 1. The highest BCUT2D eigenvalue weighted by atomic mass is 32.2. The van der Waals surface area contributed by atoms with Crippen LogP contribution in [0.1, 0.15) is 93.3 Å². The van der Waals surface area contributed by atoms with E-state index in [2.05, 4.69) is 15.4 Å². The zero-order valence-corrected chi connectivity index (χ0v) is 27.7. The van der Waals surface area contributed by atoms with Crippen LogP contribution < -0.4 is 15.4 Å². The molecule has 3 fully saturated rings. The lowest BCUT2D eigenvalue weighted by Crippen LogP contribution is -2.52. The van der Waals surface area contributed by atoms with E-state index in [-0.39, 0.29) is 17.5 Å². The number of nitrogens with one attached hydrogen (secondary N) is 3. The van der Waals surface area contributed by atoms with Gasteiger partial charge in [-0.05, 0) is 75.6 Å². The van der Waals surface area contributed by atoms with Crippen LogP contribution >= 0.6 is 0 Å². The highest BCUT2D eigenvalue weighted by Crippen LogP contribution is 2.41. The number of nitrogens with zero attached hydrogens (tertiary/aromatic N) is 1. The van der Waals surface area contributed by atoms with Crippen LogP contribution in [0.4, 0.5) is 13.2 Å². The first-order chi connectivity index (χ1) is 21.8.